The van der Waals surface area contributed by atoms with Gasteiger partial charge in [0, 0.05) is 19.6 Å². The van der Waals surface area contributed by atoms with E-state index >= 15 is 0 Å². The molecule has 0 aromatic heterocycles. The Morgan fingerprint density at radius 3 is 2.47 bits per heavy atom. The van der Waals surface area contributed by atoms with Crippen LogP contribution in [0.15, 0.2) is 0 Å². The molecule has 110 valence electrons. The van der Waals surface area contributed by atoms with Crippen LogP contribution in [0.3, 0.4) is 0 Å². The van der Waals surface area contributed by atoms with Gasteiger partial charge >= 0.3 is 6.09 Å². The van der Waals surface area contributed by atoms with Crippen molar-refractivity contribution in [2.45, 2.75) is 32.4 Å². The molecule has 1 N–H and O–H groups in total. The summed E-state index contributed by atoms with van der Waals surface area (Å²) in [6.45, 7) is 6.17. The van der Waals surface area contributed by atoms with Gasteiger partial charge in [0.25, 0.3) is 0 Å². The van der Waals surface area contributed by atoms with Gasteiger partial charge in [-0.05, 0) is 20.8 Å². The highest BCUT2D eigenvalue weighted by atomic mass is 35.5. The van der Waals surface area contributed by atoms with Gasteiger partial charge in [-0.25, -0.2) is 4.79 Å². The van der Waals surface area contributed by atoms with Crippen molar-refractivity contribution >= 4 is 23.6 Å². The van der Waals surface area contributed by atoms with Crippen molar-refractivity contribution in [3.8, 4) is 0 Å². The van der Waals surface area contributed by atoms with E-state index < -0.39 is 17.7 Å². The Bertz CT molecular complexity index is 343. The number of carbonyl (C=O) groups is 2. The standard InChI is InChI=1S/C12H21ClN2O4/c1-12(2,3)19-11(18)14-4-5-15(10(17)6-13)9(7-14)8-16/h9,16H,4-8H2,1-3H3/t9-/m0/s1. The number of halogens is 1. The molecule has 6 nitrogen and oxygen atoms in total. The van der Waals surface area contributed by atoms with E-state index in [2.05, 4.69) is 0 Å². The zero-order chi connectivity index (χ0) is 14.6. The average molecular weight is 293 g/mol. The molecule has 19 heavy (non-hydrogen) atoms. The summed E-state index contributed by atoms with van der Waals surface area (Å²) >= 11 is 5.52. The SMILES string of the molecule is CC(C)(C)OC(=O)N1CCN(C(=O)CCl)[C@H](CO)C1. The van der Waals surface area contributed by atoms with E-state index in [4.69, 9.17) is 16.3 Å². The second-order valence-electron chi connectivity index (χ2n) is 5.48. The first-order valence-corrected chi connectivity index (χ1v) is 6.76. The Morgan fingerprint density at radius 1 is 1.37 bits per heavy atom. The molecule has 1 aliphatic rings. The van der Waals surface area contributed by atoms with Crippen LogP contribution in [0.4, 0.5) is 4.79 Å². The van der Waals surface area contributed by atoms with Gasteiger partial charge in [-0.2, -0.15) is 0 Å². The Labute approximate surface area is 118 Å². The molecule has 2 amide bonds. The Kier molecular flexibility index (Phi) is 5.43. The first-order valence-electron chi connectivity index (χ1n) is 6.22. The monoisotopic (exact) mass is 292 g/mol. The summed E-state index contributed by atoms with van der Waals surface area (Å²) in [6.07, 6.45) is -0.427. The van der Waals surface area contributed by atoms with Crippen molar-refractivity contribution in [3.05, 3.63) is 0 Å². The summed E-state index contributed by atoms with van der Waals surface area (Å²) in [5.41, 5.74) is -0.561. The molecule has 0 aliphatic carbocycles. The van der Waals surface area contributed by atoms with Crippen molar-refractivity contribution in [1.29, 1.82) is 0 Å². The number of ether oxygens (including phenoxy) is 1. The fourth-order valence-corrected chi connectivity index (χ4v) is 2.06. The number of aliphatic hydroxyl groups is 1. The highest BCUT2D eigenvalue weighted by Gasteiger charge is 2.33. The van der Waals surface area contributed by atoms with Gasteiger partial charge in [-0.1, -0.05) is 0 Å². The smallest absolute Gasteiger partial charge is 0.410 e. The third-order valence-electron chi connectivity index (χ3n) is 2.78. The van der Waals surface area contributed by atoms with Gasteiger partial charge in [-0.15, -0.1) is 11.6 Å². The highest BCUT2D eigenvalue weighted by molar-refractivity contribution is 6.27. The summed E-state index contributed by atoms with van der Waals surface area (Å²) in [5.74, 6) is -0.354. The van der Waals surface area contributed by atoms with Crippen LogP contribution in [0.5, 0.6) is 0 Å². The van der Waals surface area contributed by atoms with Crippen LogP contribution in [-0.4, -0.2) is 70.7 Å². The average Bonchev–Trinajstić information content (AvgIpc) is 2.35. The lowest BCUT2D eigenvalue weighted by molar-refractivity contribution is -0.134. The molecule has 0 spiro atoms. The van der Waals surface area contributed by atoms with E-state index in [9.17, 15) is 14.7 Å². The van der Waals surface area contributed by atoms with Gasteiger partial charge in [0.15, 0.2) is 0 Å². The van der Waals surface area contributed by atoms with Crippen LogP contribution in [0.2, 0.25) is 0 Å². The van der Waals surface area contributed by atoms with Crippen molar-refractivity contribution in [3.63, 3.8) is 0 Å². The third kappa shape index (κ3) is 4.54. The van der Waals surface area contributed by atoms with Crippen LogP contribution < -0.4 is 0 Å². The van der Waals surface area contributed by atoms with Gasteiger partial charge in [-0.3, -0.25) is 4.79 Å². The van der Waals surface area contributed by atoms with Crippen LogP contribution in [0.1, 0.15) is 20.8 Å². The lowest BCUT2D eigenvalue weighted by Crippen LogP contribution is -2.58. The Morgan fingerprint density at radius 2 is 2.00 bits per heavy atom. The first kappa shape index (κ1) is 16.0. The molecule has 7 heteroatoms. The summed E-state index contributed by atoms with van der Waals surface area (Å²) in [5, 5.41) is 9.32. The minimum absolute atomic E-state index is 0.122. The number of aliphatic hydroxyl groups excluding tert-OH is 1. The van der Waals surface area contributed by atoms with Crippen LogP contribution in [0, 0.1) is 0 Å². The maximum atomic E-state index is 11.9. The lowest BCUT2D eigenvalue weighted by atomic mass is 10.1. The number of carbonyl (C=O) groups excluding carboxylic acids is 2. The number of alkyl halides is 1. The summed E-state index contributed by atoms with van der Waals surface area (Å²) in [6, 6.07) is -0.424. The van der Waals surface area contributed by atoms with Crippen molar-refractivity contribution in [2.24, 2.45) is 0 Å². The fourth-order valence-electron chi connectivity index (χ4n) is 1.91. The minimum Gasteiger partial charge on any atom is -0.444 e. The molecule has 1 saturated heterocycles. The number of hydrogen-bond acceptors (Lipinski definition) is 4. The first-order chi connectivity index (χ1) is 8.78. The molecule has 0 aromatic rings. The molecule has 1 atom stereocenters. The molecule has 0 saturated carbocycles. The predicted molar refractivity (Wildman–Crippen MR) is 71.1 cm³/mol. The van der Waals surface area contributed by atoms with Gasteiger partial charge < -0.3 is 19.6 Å². The van der Waals surface area contributed by atoms with E-state index in [1.54, 1.807) is 20.8 Å². The van der Waals surface area contributed by atoms with Gasteiger partial charge in [0.05, 0.1) is 12.6 Å². The highest BCUT2D eigenvalue weighted by Crippen LogP contribution is 2.15. The van der Waals surface area contributed by atoms with Crippen molar-refractivity contribution in [2.75, 3.05) is 32.1 Å². The van der Waals surface area contributed by atoms with Gasteiger partial charge in [0.1, 0.15) is 11.5 Å². The molecule has 1 fully saturated rings. The topological polar surface area (TPSA) is 70.1 Å². The molecule has 0 radical (unpaired) electrons. The normalized spacial score (nSPS) is 20.4. The van der Waals surface area contributed by atoms with E-state index in [-0.39, 0.29) is 24.9 Å². The molecule has 1 heterocycles. The molecule has 0 aromatic carbocycles. The van der Waals surface area contributed by atoms with Crippen molar-refractivity contribution in [1.82, 2.24) is 9.80 Å². The zero-order valence-corrected chi connectivity index (χ0v) is 12.3. The zero-order valence-electron chi connectivity index (χ0n) is 11.6. The number of piperazine rings is 1. The molecule has 1 aliphatic heterocycles. The molecule has 0 unspecified atom stereocenters. The Hall–Kier alpha value is -1.01. The number of amides is 2. The van der Waals surface area contributed by atoms with Crippen LogP contribution in [-0.2, 0) is 9.53 Å². The number of nitrogens with zero attached hydrogens (tertiary/aromatic N) is 2. The maximum Gasteiger partial charge on any atom is 0.410 e. The molecular weight excluding hydrogens is 272 g/mol. The second-order valence-corrected chi connectivity index (χ2v) is 5.75. The van der Waals surface area contributed by atoms with E-state index in [1.165, 1.54) is 9.80 Å². The van der Waals surface area contributed by atoms with Crippen LogP contribution in [0.25, 0.3) is 0 Å². The largest absolute Gasteiger partial charge is 0.444 e. The fraction of sp³-hybridized carbons (Fsp3) is 0.833. The lowest BCUT2D eigenvalue weighted by Gasteiger charge is -2.40. The predicted octanol–water partition coefficient (Wildman–Crippen LogP) is 0.665. The summed E-state index contributed by atoms with van der Waals surface area (Å²) < 4.78 is 5.27. The van der Waals surface area contributed by atoms with E-state index in [0.29, 0.717) is 13.1 Å². The number of rotatable bonds is 2. The minimum atomic E-state index is -0.561. The quantitative estimate of drug-likeness (QED) is 0.759. The van der Waals surface area contributed by atoms with Gasteiger partial charge in [0.2, 0.25) is 5.91 Å². The second kappa shape index (κ2) is 6.43. The van der Waals surface area contributed by atoms with Crippen LogP contribution >= 0.6 is 11.6 Å². The van der Waals surface area contributed by atoms with Crippen molar-refractivity contribution < 1.29 is 19.4 Å². The molecular formula is C12H21ClN2O4. The van der Waals surface area contributed by atoms with E-state index in [1.807, 2.05) is 0 Å². The van der Waals surface area contributed by atoms with E-state index in [0.717, 1.165) is 0 Å². The Balaban J connectivity index is 2.64. The summed E-state index contributed by atoms with van der Waals surface area (Å²) in [7, 11) is 0. The summed E-state index contributed by atoms with van der Waals surface area (Å²) in [4.78, 5) is 26.5. The molecule has 1 rings (SSSR count). The maximum absolute atomic E-state index is 11.9. The third-order valence-corrected chi connectivity index (χ3v) is 3.01. The molecule has 0 bridgehead atoms. The number of hydrogen-bond donors (Lipinski definition) is 1.